The Kier molecular flexibility index (Phi) is 8.39. The van der Waals surface area contributed by atoms with E-state index in [9.17, 15) is 19.1 Å². The third-order valence-corrected chi connectivity index (χ3v) is 7.02. The van der Waals surface area contributed by atoms with Crippen LogP contribution in [0.4, 0.5) is 10.1 Å². The van der Waals surface area contributed by atoms with Crippen LogP contribution in [0.5, 0.6) is 11.5 Å². The number of piperidine rings is 1. The van der Waals surface area contributed by atoms with Crippen molar-refractivity contribution in [1.82, 2.24) is 14.9 Å². The third-order valence-electron chi connectivity index (χ3n) is 7.02. The summed E-state index contributed by atoms with van der Waals surface area (Å²) in [7, 11) is 0. The van der Waals surface area contributed by atoms with Crippen molar-refractivity contribution in [2.24, 2.45) is 5.92 Å². The molecule has 1 fully saturated rings. The minimum Gasteiger partial charge on any atom is -0.480 e. The first-order valence-corrected chi connectivity index (χ1v) is 13.3. The van der Waals surface area contributed by atoms with Crippen LogP contribution in [0.25, 0.3) is 0 Å². The van der Waals surface area contributed by atoms with Crippen LogP contribution in [0.2, 0.25) is 0 Å². The number of amides is 1. The third kappa shape index (κ3) is 7.05. The average Bonchev–Trinajstić information content (AvgIpc) is 3.41. The van der Waals surface area contributed by atoms with E-state index in [4.69, 9.17) is 4.74 Å². The molecule has 9 heteroatoms. The van der Waals surface area contributed by atoms with Crippen molar-refractivity contribution in [3.63, 3.8) is 0 Å². The Morgan fingerprint density at radius 3 is 2.48 bits per heavy atom. The van der Waals surface area contributed by atoms with Gasteiger partial charge in [-0.3, -0.25) is 4.79 Å². The molecule has 1 aliphatic rings. The highest BCUT2D eigenvalue weighted by Crippen LogP contribution is 2.29. The number of carboxylic acids is 1. The molecule has 1 atom stereocenters. The number of rotatable bonds is 10. The summed E-state index contributed by atoms with van der Waals surface area (Å²) in [5.74, 6) is -0.737. The van der Waals surface area contributed by atoms with E-state index in [1.807, 2.05) is 65.4 Å². The molecule has 8 nitrogen and oxygen atoms in total. The first kappa shape index (κ1) is 26.9. The molecule has 2 heterocycles. The number of nitrogens with zero attached hydrogens (tertiary/aromatic N) is 3. The van der Waals surface area contributed by atoms with Crippen LogP contribution < -0.4 is 15.0 Å². The van der Waals surface area contributed by atoms with Crippen LogP contribution in [-0.4, -0.2) is 45.7 Å². The minimum absolute atomic E-state index is 0.114. The molecule has 40 heavy (non-hydrogen) atoms. The van der Waals surface area contributed by atoms with Crippen LogP contribution in [-0.2, 0) is 22.6 Å². The van der Waals surface area contributed by atoms with Gasteiger partial charge in [-0.25, -0.2) is 14.2 Å². The summed E-state index contributed by atoms with van der Waals surface area (Å²) in [5, 5.41) is 12.5. The van der Waals surface area contributed by atoms with Gasteiger partial charge in [0.15, 0.2) is 0 Å². The molecule has 1 aliphatic heterocycles. The van der Waals surface area contributed by atoms with E-state index in [0.29, 0.717) is 49.7 Å². The number of anilines is 1. The Bertz CT molecular complexity index is 1430. The van der Waals surface area contributed by atoms with E-state index in [1.165, 1.54) is 12.1 Å². The Morgan fingerprint density at radius 1 is 1.00 bits per heavy atom. The van der Waals surface area contributed by atoms with Gasteiger partial charge >= 0.3 is 5.97 Å². The lowest BCUT2D eigenvalue weighted by molar-refractivity contribution is -0.142. The number of carbonyl (C=O) groups excluding carboxylic acids is 1. The molecule has 206 valence electrons. The molecule has 0 radical (unpaired) electrons. The number of hydrogen-bond acceptors (Lipinski definition) is 5. The highest BCUT2D eigenvalue weighted by molar-refractivity contribution is 5.85. The van der Waals surface area contributed by atoms with Gasteiger partial charge in [0.2, 0.25) is 5.91 Å². The summed E-state index contributed by atoms with van der Waals surface area (Å²) in [4.78, 5) is 31.5. The quantitative estimate of drug-likeness (QED) is 0.296. The number of halogens is 1. The van der Waals surface area contributed by atoms with Crippen molar-refractivity contribution in [2.45, 2.75) is 31.8 Å². The fourth-order valence-electron chi connectivity index (χ4n) is 4.87. The molecule has 1 unspecified atom stereocenters. The maximum absolute atomic E-state index is 13.2. The van der Waals surface area contributed by atoms with Crippen LogP contribution in [0, 0.1) is 11.7 Å². The second-order valence-corrected chi connectivity index (χ2v) is 9.94. The van der Waals surface area contributed by atoms with Crippen LogP contribution in [0.1, 0.15) is 24.1 Å². The first-order valence-electron chi connectivity index (χ1n) is 13.3. The van der Waals surface area contributed by atoms with Crippen molar-refractivity contribution in [3.8, 4) is 11.5 Å². The fourth-order valence-corrected chi connectivity index (χ4v) is 4.87. The number of hydrogen-bond donors (Lipinski definition) is 2. The van der Waals surface area contributed by atoms with Gasteiger partial charge in [0.1, 0.15) is 23.4 Å². The predicted octanol–water partition coefficient (Wildman–Crippen LogP) is 4.89. The second-order valence-electron chi connectivity index (χ2n) is 9.94. The molecule has 1 amide bonds. The van der Waals surface area contributed by atoms with Crippen molar-refractivity contribution in [3.05, 3.63) is 108 Å². The number of nitrogens with one attached hydrogen (secondary N) is 1. The first-order chi connectivity index (χ1) is 19.4. The monoisotopic (exact) mass is 542 g/mol. The number of aliphatic carboxylic acids is 1. The molecule has 4 aromatic rings. The van der Waals surface area contributed by atoms with E-state index in [-0.39, 0.29) is 24.1 Å². The lowest BCUT2D eigenvalue weighted by Gasteiger charge is -2.33. The molecule has 0 aliphatic carbocycles. The Balaban J connectivity index is 1.13. The molecule has 5 rings (SSSR count). The Morgan fingerprint density at radius 2 is 1.75 bits per heavy atom. The molecule has 1 aromatic heterocycles. The molecule has 1 saturated heterocycles. The summed E-state index contributed by atoms with van der Waals surface area (Å²) in [6.45, 7) is 1.94. The van der Waals surface area contributed by atoms with E-state index in [1.54, 1.807) is 18.5 Å². The van der Waals surface area contributed by atoms with Gasteiger partial charge < -0.3 is 24.6 Å². The maximum atomic E-state index is 13.2. The van der Waals surface area contributed by atoms with Crippen molar-refractivity contribution in [1.29, 1.82) is 0 Å². The topological polar surface area (TPSA) is 96.7 Å². The van der Waals surface area contributed by atoms with Crippen molar-refractivity contribution >= 4 is 17.6 Å². The maximum Gasteiger partial charge on any atom is 0.326 e. The standard InChI is InChI=1S/C31H31FN4O4/c32-24-9-11-27(12-10-24)40-28-8-4-7-26(18-28)36-15-13-23(14-16-36)30(37)34-29(31(38)39)17-25-20-35(21-33-25)19-22-5-2-1-3-6-22/h1-12,18,20-21,23,29H,13-17,19H2,(H,34,37)(H,38,39). The summed E-state index contributed by atoms with van der Waals surface area (Å²) < 4.78 is 20.9. The van der Waals surface area contributed by atoms with E-state index >= 15 is 0 Å². The SMILES string of the molecule is O=C(NC(Cc1cn(Cc2ccccc2)cn1)C(=O)O)C1CCN(c2cccc(Oc3ccc(F)cc3)c2)CC1. The predicted molar refractivity (Wildman–Crippen MR) is 149 cm³/mol. The molecular weight excluding hydrogens is 511 g/mol. The van der Waals surface area contributed by atoms with Crippen molar-refractivity contribution in [2.75, 3.05) is 18.0 Å². The zero-order valence-electron chi connectivity index (χ0n) is 21.9. The van der Waals surface area contributed by atoms with Gasteiger partial charge in [-0.05, 0) is 54.8 Å². The normalized spacial score (nSPS) is 14.5. The minimum atomic E-state index is -1.08. The van der Waals surface area contributed by atoms with Crippen molar-refractivity contribution < 1.29 is 23.8 Å². The summed E-state index contributed by atoms with van der Waals surface area (Å²) in [6.07, 6.45) is 4.82. The highest BCUT2D eigenvalue weighted by Gasteiger charge is 2.29. The van der Waals surface area contributed by atoms with Gasteiger partial charge in [0, 0.05) is 49.9 Å². The van der Waals surface area contributed by atoms with E-state index in [2.05, 4.69) is 15.2 Å². The zero-order chi connectivity index (χ0) is 27.9. The largest absolute Gasteiger partial charge is 0.480 e. The number of imidazole rings is 1. The smallest absolute Gasteiger partial charge is 0.326 e. The summed E-state index contributed by atoms with van der Waals surface area (Å²) >= 11 is 0. The zero-order valence-corrected chi connectivity index (χ0v) is 21.9. The van der Waals surface area contributed by atoms with Gasteiger partial charge in [-0.1, -0.05) is 36.4 Å². The highest BCUT2D eigenvalue weighted by atomic mass is 19.1. The fraction of sp³-hybridized carbons (Fsp3) is 0.258. The molecule has 0 bridgehead atoms. The van der Waals surface area contributed by atoms with E-state index < -0.39 is 12.0 Å². The lowest BCUT2D eigenvalue weighted by atomic mass is 9.95. The van der Waals surface area contributed by atoms with Gasteiger partial charge in [0.05, 0.1) is 12.0 Å². The molecule has 0 spiro atoms. The molecular formula is C31H31FN4O4. The number of carbonyl (C=O) groups is 2. The number of aromatic nitrogens is 2. The molecule has 0 saturated carbocycles. The van der Waals surface area contributed by atoms with Crippen LogP contribution in [0.15, 0.2) is 91.4 Å². The van der Waals surface area contributed by atoms with Gasteiger partial charge in [0.25, 0.3) is 0 Å². The lowest BCUT2D eigenvalue weighted by Crippen LogP contribution is -2.47. The van der Waals surface area contributed by atoms with Gasteiger partial charge in [-0.15, -0.1) is 0 Å². The number of ether oxygens (including phenoxy) is 1. The van der Waals surface area contributed by atoms with Gasteiger partial charge in [-0.2, -0.15) is 0 Å². The Labute approximate surface area is 232 Å². The second kappa shape index (κ2) is 12.5. The molecule has 2 N–H and O–H groups in total. The van der Waals surface area contributed by atoms with Crippen LogP contribution >= 0.6 is 0 Å². The Hall–Kier alpha value is -4.66. The average molecular weight is 543 g/mol. The number of benzene rings is 3. The molecule has 3 aromatic carbocycles. The number of carboxylic acid groups (broad SMARTS) is 1. The summed E-state index contributed by atoms with van der Waals surface area (Å²) in [6, 6.07) is 22.4. The van der Waals surface area contributed by atoms with E-state index in [0.717, 1.165) is 11.3 Å². The summed E-state index contributed by atoms with van der Waals surface area (Å²) in [5.41, 5.74) is 2.70. The van der Waals surface area contributed by atoms with Crippen LogP contribution in [0.3, 0.4) is 0 Å².